The molecular weight excluding hydrogens is 298 g/mol. The van der Waals surface area contributed by atoms with E-state index in [1.165, 1.54) is 11.8 Å². The fourth-order valence-electron chi connectivity index (χ4n) is 1.29. The fourth-order valence-corrected chi connectivity index (χ4v) is 4.44. The van der Waals surface area contributed by atoms with E-state index in [9.17, 15) is 4.79 Å². The Bertz CT molecular complexity index is 432. The van der Waals surface area contributed by atoms with Gasteiger partial charge in [-0.15, -0.1) is 10.2 Å². The van der Waals surface area contributed by atoms with E-state index in [0.717, 1.165) is 27.3 Å². The Labute approximate surface area is 126 Å². The third-order valence-electron chi connectivity index (χ3n) is 2.50. The lowest BCUT2D eigenvalue weighted by atomic mass is 10.3. The molecule has 1 amide bonds. The lowest BCUT2D eigenvalue weighted by Crippen LogP contribution is -2.32. The summed E-state index contributed by atoms with van der Waals surface area (Å²) in [6.45, 7) is 6.30. The largest absolute Gasteiger partial charge is 0.352 e. The van der Waals surface area contributed by atoms with Crippen LogP contribution >= 0.6 is 34.9 Å². The maximum atomic E-state index is 11.8. The van der Waals surface area contributed by atoms with Crippen molar-refractivity contribution in [2.45, 2.75) is 53.6 Å². The molecule has 1 heterocycles. The molecule has 1 aliphatic rings. The fraction of sp³-hybridized carbons (Fsp3) is 0.750. The van der Waals surface area contributed by atoms with E-state index in [1.807, 2.05) is 6.92 Å². The summed E-state index contributed by atoms with van der Waals surface area (Å²) in [4.78, 5) is 11.8. The molecule has 1 saturated carbocycles. The zero-order chi connectivity index (χ0) is 13.8. The van der Waals surface area contributed by atoms with Crippen LogP contribution in [0.4, 0.5) is 0 Å². The molecule has 1 N–H and O–H groups in total. The van der Waals surface area contributed by atoms with Crippen molar-refractivity contribution in [2.24, 2.45) is 5.92 Å². The molecule has 1 fully saturated rings. The average molecular weight is 318 g/mol. The lowest BCUT2D eigenvalue weighted by molar-refractivity contribution is -0.120. The van der Waals surface area contributed by atoms with E-state index >= 15 is 0 Å². The lowest BCUT2D eigenvalue weighted by Gasteiger charge is -2.08. The van der Waals surface area contributed by atoms with Crippen LogP contribution in [0, 0.1) is 5.92 Å². The summed E-state index contributed by atoms with van der Waals surface area (Å²) >= 11 is 4.81. The Balaban J connectivity index is 1.79. The number of carbonyl (C=O) groups excluding carboxylic acids is 1. The summed E-state index contributed by atoms with van der Waals surface area (Å²) in [6, 6.07) is 0.419. The number of nitrogens with one attached hydrogen (secondary N) is 1. The van der Waals surface area contributed by atoms with Crippen molar-refractivity contribution in [3.8, 4) is 0 Å². The zero-order valence-corrected chi connectivity index (χ0v) is 13.8. The van der Waals surface area contributed by atoms with Crippen LogP contribution in [-0.4, -0.2) is 33.1 Å². The first kappa shape index (κ1) is 15.1. The van der Waals surface area contributed by atoms with Crippen LogP contribution in [0.3, 0.4) is 0 Å². The number of hydrogen-bond donors (Lipinski definition) is 1. The molecule has 1 aromatic rings. The second-order valence-electron chi connectivity index (χ2n) is 5.08. The van der Waals surface area contributed by atoms with E-state index in [2.05, 4.69) is 29.4 Å². The van der Waals surface area contributed by atoms with Gasteiger partial charge in [-0.05, 0) is 25.7 Å². The number of amides is 1. The Hall–Kier alpha value is -0.270. The summed E-state index contributed by atoms with van der Waals surface area (Å²) in [5, 5.41) is 11.2. The van der Waals surface area contributed by atoms with Crippen LogP contribution in [0.25, 0.3) is 0 Å². The number of nitrogens with zero attached hydrogens (tertiary/aromatic N) is 2. The molecule has 0 aliphatic heterocycles. The molecule has 19 heavy (non-hydrogen) atoms. The number of carbonyl (C=O) groups is 1. The van der Waals surface area contributed by atoms with Gasteiger partial charge in [0.05, 0.1) is 5.25 Å². The van der Waals surface area contributed by atoms with Crippen molar-refractivity contribution >= 4 is 40.8 Å². The number of aromatic nitrogens is 2. The highest BCUT2D eigenvalue weighted by Crippen LogP contribution is 2.32. The van der Waals surface area contributed by atoms with Gasteiger partial charge in [-0.3, -0.25) is 4.79 Å². The third-order valence-corrected chi connectivity index (χ3v) is 6.17. The summed E-state index contributed by atoms with van der Waals surface area (Å²) < 4.78 is 1.87. The predicted octanol–water partition coefficient (Wildman–Crippen LogP) is 3.05. The number of hydrogen-bond acceptors (Lipinski definition) is 6. The Kier molecular flexibility index (Phi) is 5.53. The Morgan fingerprint density at radius 3 is 2.68 bits per heavy atom. The molecule has 106 valence electrons. The van der Waals surface area contributed by atoms with Crippen LogP contribution in [0.1, 0.15) is 33.6 Å². The molecule has 0 spiro atoms. The molecule has 2 rings (SSSR count). The maximum absolute atomic E-state index is 11.8. The smallest absolute Gasteiger partial charge is 0.233 e. The molecule has 0 bridgehead atoms. The van der Waals surface area contributed by atoms with Crippen molar-refractivity contribution in [3.05, 3.63) is 0 Å². The van der Waals surface area contributed by atoms with E-state index in [0.29, 0.717) is 12.0 Å². The highest BCUT2D eigenvalue weighted by Gasteiger charge is 2.26. The quantitative estimate of drug-likeness (QED) is 0.783. The molecule has 0 radical (unpaired) electrons. The molecule has 1 aromatic heterocycles. The normalized spacial score (nSPS) is 16.6. The monoisotopic (exact) mass is 317 g/mol. The molecule has 4 nitrogen and oxygen atoms in total. The van der Waals surface area contributed by atoms with Crippen LogP contribution in [0.5, 0.6) is 0 Å². The molecule has 0 unspecified atom stereocenters. The molecule has 7 heteroatoms. The van der Waals surface area contributed by atoms with Gasteiger partial charge in [0.2, 0.25) is 5.91 Å². The Morgan fingerprint density at radius 1 is 1.37 bits per heavy atom. The minimum absolute atomic E-state index is 0.100. The van der Waals surface area contributed by atoms with E-state index in [-0.39, 0.29) is 11.2 Å². The molecular formula is C12H19N3OS3. The minimum atomic E-state index is -0.100. The van der Waals surface area contributed by atoms with E-state index in [4.69, 9.17) is 0 Å². The first-order valence-corrected chi connectivity index (χ1v) is 9.16. The molecule has 0 saturated heterocycles. The van der Waals surface area contributed by atoms with E-state index < -0.39 is 0 Å². The van der Waals surface area contributed by atoms with Crippen molar-refractivity contribution in [3.63, 3.8) is 0 Å². The van der Waals surface area contributed by atoms with Gasteiger partial charge < -0.3 is 5.32 Å². The van der Waals surface area contributed by atoms with Crippen LogP contribution in [0.15, 0.2) is 8.68 Å². The number of thioether (sulfide) groups is 2. The van der Waals surface area contributed by atoms with Gasteiger partial charge in [0, 0.05) is 11.8 Å². The van der Waals surface area contributed by atoms with Crippen LogP contribution in [-0.2, 0) is 4.79 Å². The number of rotatable bonds is 7. The summed E-state index contributed by atoms with van der Waals surface area (Å²) in [5.74, 6) is 1.81. The first-order valence-electron chi connectivity index (χ1n) is 6.48. The second kappa shape index (κ2) is 6.95. The van der Waals surface area contributed by atoms with E-state index in [1.54, 1.807) is 23.1 Å². The summed E-state index contributed by atoms with van der Waals surface area (Å²) in [6.07, 6.45) is 2.25. The van der Waals surface area contributed by atoms with Gasteiger partial charge in [0.25, 0.3) is 0 Å². The minimum Gasteiger partial charge on any atom is -0.352 e. The van der Waals surface area contributed by atoms with Gasteiger partial charge >= 0.3 is 0 Å². The molecule has 1 atom stereocenters. The highest BCUT2D eigenvalue weighted by atomic mass is 32.2. The van der Waals surface area contributed by atoms with Gasteiger partial charge in [0.1, 0.15) is 0 Å². The zero-order valence-electron chi connectivity index (χ0n) is 11.4. The molecule has 0 aromatic carbocycles. The Morgan fingerprint density at radius 2 is 2.05 bits per heavy atom. The van der Waals surface area contributed by atoms with Crippen molar-refractivity contribution in [1.82, 2.24) is 15.5 Å². The van der Waals surface area contributed by atoms with Gasteiger partial charge in [-0.25, -0.2) is 0 Å². The second-order valence-corrected chi connectivity index (χ2v) is 8.91. The van der Waals surface area contributed by atoms with Crippen molar-refractivity contribution in [2.75, 3.05) is 5.75 Å². The summed E-state index contributed by atoms with van der Waals surface area (Å²) in [7, 11) is 0. The molecule has 1 aliphatic carbocycles. The summed E-state index contributed by atoms with van der Waals surface area (Å²) in [5.41, 5.74) is 0. The SMILES string of the molecule is CC(C)CSc1nnc(S[C@@H](C)C(=O)NC2CC2)s1. The standard InChI is InChI=1S/C12H19N3OS3/c1-7(2)6-17-11-14-15-12(19-11)18-8(3)10(16)13-9-4-5-9/h7-9H,4-6H2,1-3H3,(H,13,16)/t8-/m0/s1. The average Bonchev–Trinajstić information content (AvgIpc) is 3.05. The van der Waals surface area contributed by atoms with Gasteiger partial charge in [0.15, 0.2) is 8.68 Å². The maximum Gasteiger partial charge on any atom is 0.233 e. The predicted molar refractivity (Wildman–Crippen MR) is 82.0 cm³/mol. The van der Waals surface area contributed by atoms with Crippen LogP contribution in [0.2, 0.25) is 0 Å². The third kappa shape index (κ3) is 5.31. The highest BCUT2D eigenvalue weighted by molar-refractivity contribution is 8.03. The van der Waals surface area contributed by atoms with Crippen LogP contribution < -0.4 is 5.32 Å². The van der Waals surface area contributed by atoms with Gasteiger partial charge in [-0.1, -0.05) is 48.7 Å². The first-order chi connectivity index (χ1) is 9.04. The van der Waals surface area contributed by atoms with Gasteiger partial charge in [-0.2, -0.15) is 0 Å². The topological polar surface area (TPSA) is 54.9 Å². The van der Waals surface area contributed by atoms with Crippen molar-refractivity contribution < 1.29 is 4.79 Å². The van der Waals surface area contributed by atoms with Crippen molar-refractivity contribution in [1.29, 1.82) is 0 Å².